The highest BCUT2D eigenvalue weighted by Crippen LogP contribution is 2.28. The first-order valence-electron chi connectivity index (χ1n) is 3.23. The van der Waals surface area contributed by atoms with Crippen molar-refractivity contribution >= 4 is 11.6 Å². The average molecular weight is 214 g/mol. The van der Waals surface area contributed by atoms with Crippen molar-refractivity contribution in [2.24, 2.45) is 0 Å². The smallest absolute Gasteiger partial charge is 0.215 e. The van der Waals surface area contributed by atoms with Gasteiger partial charge in [-0.05, 0) is 17.7 Å². The molecule has 0 bridgehead atoms. The molecule has 72 valence electrons. The number of halogens is 5. The van der Waals surface area contributed by atoms with Gasteiger partial charge in [0, 0.05) is 5.88 Å². The zero-order chi connectivity index (χ0) is 10.1. The Hall–Kier alpha value is -0.840. The molecule has 0 unspecified atom stereocenters. The Morgan fingerprint density at radius 2 is 1.92 bits per heavy atom. The highest BCUT2D eigenvalue weighted by atomic mass is 35.5. The van der Waals surface area contributed by atoms with Crippen LogP contribution in [0.25, 0.3) is 0 Å². The number of aromatic nitrogens is 1. The summed E-state index contributed by atoms with van der Waals surface area (Å²) in [6, 6.07) is 1.58. The molecule has 6 heteroatoms. The van der Waals surface area contributed by atoms with Crippen LogP contribution < -0.4 is 0 Å². The Bertz CT molecular complexity index is 310. The van der Waals surface area contributed by atoms with E-state index in [0.717, 1.165) is 12.1 Å². The van der Waals surface area contributed by atoms with Crippen molar-refractivity contribution in [2.45, 2.75) is 12.1 Å². The second kappa shape index (κ2) is 3.49. The average Bonchev–Trinajstić information content (AvgIpc) is 2.01. The third-order valence-corrected chi connectivity index (χ3v) is 1.61. The molecule has 0 aliphatic carbocycles. The summed E-state index contributed by atoms with van der Waals surface area (Å²) in [6.07, 6.45) is -4.64. The molecule has 0 aliphatic heterocycles. The fraction of sp³-hybridized carbons (Fsp3) is 0.286. The minimum absolute atomic E-state index is 0.0569. The highest BCUT2D eigenvalue weighted by molar-refractivity contribution is 6.17. The number of nitrogens with zero attached hydrogens (tertiary/aromatic N) is 1. The summed E-state index contributed by atoms with van der Waals surface area (Å²) < 4.78 is 48.5. The topological polar surface area (TPSA) is 12.9 Å². The van der Waals surface area contributed by atoms with E-state index in [2.05, 4.69) is 4.98 Å². The summed E-state index contributed by atoms with van der Waals surface area (Å²) in [4.78, 5) is 2.70. The van der Waals surface area contributed by atoms with Gasteiger partial charge in [-0.15, -0.1) is 11.6 Å². The van der Waals surface area contributed by atoms with E-state index in [1.807, 2.05) is 0 Å². The Balaban J connectivity index is 3.16. The normalized spacial score (nSPS) is 11.8. The zero-order valence-corrected chi connectivity index (χ0v) is 6.95. The van der Waals surface area contributed by atoms with Crippen molar-refractivity contribution in [3.8, 4) is 0 Å². The molecule has 0 saturated heterocycles. The number of pyridine rings is 1. The Morgan fingerprint density at radius 1 is 1.31 bits per heavy atom. The SMILES string of the molecule is Fc1cc(CCl)cc(C(F)(F)F)n1. The minimum atomic E-state index is -4.64. The number of hydrogen-bond acceptors (Lipinski definition) is 1. The number of hydrogen-bond donors (Lipinski definition) is 0. The minimum Gasteiger partial charge on any atom is -0.215 e. The lowest BCUT2D eigenvalue weighted by molar-refractivity contribution is -0.141. The van der Waals surface area contributed by atoms with Crippen molar-refractivity contribution in [3.63, 3.8) is 0 Å². The van der Waals surface area contributed by atoms with Crippen LogP contribution in [0.3, 0.4) is 0 Å². The summed E-state index contributed by atoms with van der Waals surface area (Å²) >= 11 is 5.26. The molecule has 0 radical (unpaired) electrons. The van der Waals surface area contributed by atoms with Crippen LogP contribution in [-0.4, -0.2) is 4.98 Å². The van der Waals surface area contributed by atoms with Crippen LogP contribution in [0.15, 0.2) is 12.1 Å². The predicted octanol–water partition coefficient (Wildman–Crippen LogP) is 2.98. The van der Waals surface area contributed by atoms with Crippen molar-refractivity contribution in [3.05, 3.63) is 29.3 Å². The fourth-order valence-electron chi connectivity index (χ4n) is 0.772. The van der Waals surface area contributed by atoms with E-state index in [9.17, 15) is 17.6 Å². The van der Waals surface area contributed by atoms with Gasteiger partial charge in [0.25, 0.3) is 0 Å². The molecule has 13 heavy (non-hydrogen) atoms. The zero-order valence-electron chi connectivity index (χ0n) is 6.20. The fourth-order valence-corrected chi connectivity index (χ4v) is 0.927. The lowest BCUT2D eigenvalue weighted by atomic mass is 10.2. The standard InChI is InChI=1S/C7H4ClF4N/c8-3-4-1-5(7(10,11)12)13-6(9)2-4/h1-2H,3H2. The maximum atomic E-state index is 12.5. The monoisotopic (exact) mass is 213 g/mol. The first-order valence-corrected chi connectivity index (χ1v) is 3.76. The largest absolute Gasteiger partial charge is 0.433 e. The van der Waals surface area contributed by atoms with E-state index < -0.39 is 17.8 Å². The van der Waals surface area contributed by atoms with Crippen LogP contribution in [-0.2, 0) is 12.1 Å². The highest BCUT2D eigenvalue weighted by Gasteiger charge is 2.33. The molecule has 0 aliphatic rings. The maximum Gasteiger partial charge on any atom is 0.433 e. The molecule has 0 saturated carbocycles. The summed E-state index contributed by atoms with van der Waals surface area (Å²) in [5.41, 5.74) is -1.20. The predicted molar refractivity (Wildman–Crippen MR) is 38.8 cm³/mol. The van der Waals surface area contributed by atoms with E-state index >= 15 is 0 Å². The molecule has 1 heterocycles. The third kappa shape index (κ3) is 2.55. The van der Waals surface area contributed by atoms with Gasteiger partial charge in [-0.1, -0.05) is 0 Å². The Labute approximate surface area is 76.3 Å². The molecule has 0 spiro atoms. The van der Waals surface area contributed by atoms with Gasteiger partial charge in [-0.2, -0.15) is 17.6 Å². The molecular weight excluding hydrogens is 210 g/mol. The van der Waals surface area contributed by atoms with Crippen LogP contribution >= 0.6 is 11.6 Å². The Kier molecular flexibility index (Phi) is 2.75. The van der Waals surface area contributed by atoms with Crippen LogP contribution in [0.4, 0.5) is 17.6 Å². The quantitative estimate of drug-likeness (QED) is 0.397. The van der Waals surface area contributed by atoms with Crippen molar-refractivity contribution in [1.82, 2.24) is 4.98 Å². The molecule has 1 aromatic rings. The number of rotatable bonds is 1. The van der Waals surface area contributed by atoms with Gasteiger partial charge in [-0.25, -0.2) is 4.98 Å². The molecule has 1 rings (SSSR count). The second-order valence-corrected chi connectivity index (χ2v) is 2.58. The van der Waals surface area contributed by atoms with Gasteiger partial charge >= 0.3 is 6.18 Å². The molecule has 0 N–H and O–H groups in total. The number of alkyl halides is 4. The van der Waals surface area contributed by atoms with Gasteiger partial charge in [0.2, 0.25) is 5.95 Å². The van der Waals surface area contributed by atoms with Crippen LogP contribution in [0.1, 0.15) is 11.3 Å². The van der Waals surface area contributed by atoms with Crippen LogP contribution in [0, 0.1) is 5.95 Å². The van der Waals surface area contributed by atoms with Crippen LogP contribution in [0.5, 0.6) is 0 Å². The van der Waals surface area contributed by atoms with Gasteiger partial charge in [0.1, 0.15) is 5.69 Å². The molecule has 1 aromatic heterocycles. The summed E-state index contributed by atoms with van der Waals surface area (Å²) in [6.45, 7) is 0. The molecule has 0 aromatic carbocycles. The van der Waals surface area contributed by atoms with Crippen molar-refractivity contribution in [1.29, 1.82) is 0 Å². The maximum absolute atomic E-state index is 12.5. The molecule has 0 atom stereocenters. The van der Waals surface area contributed by atoms with E-state index in [0.29, 0.717) is 0 Å². The van der Waals surface area contributed by atoms with Gasteiger partial charge in [-0.3, -0.25) is 0 Å². The summed E-state index contributed by atoms with van der Waals surface area (Å²) in [5, 5.41) is 0. The van der Waals surface area contributed by atoms with E-state index in [1.165, 1.54) is 0 Å². The van der Waals surface area contributed by atoms with Gasteiger partial charge in [0.15, 0.2) is 0 Å². The lowest BCUT2D eigenvalue weighted by Crippen LogP contribution is -2.09. The molecule has 0 fully saturated rings. The lowest BCUT2D eigenvalue weighted by Gasteiger charge is -2.06. The van der Waals surface area contributed by atoms with Crippen molar-refractivity contribution < 1.29 is 17.6 Å². The van der Waals surface area contributed by atoms with Gasteiger partial charge < -0.3 is 0 Å². The molecule has 0 amide bonds. The molecular formula is C7H4ClF4N. The summed E-state index contributed by atoms with van der Waals surface area (Å²) in [5.74, 6) is -1.35. The first kappa shape index (κ1) is 10.2. The summed E-state index contributed by atoms with van der Waals surface area (Å²) in [7, 11) is 0. The van der Waals surface area contributed by atoms with Gasteiger partial charge in [0.05, 0.1) is 0 Å². The molecule has 1 nitrogen and oxygen atoms in total. The Morgan fingerprint density at radius 3 is 2.38 bits per heavy atom. The first-order chi connectivity index (χ1) is 5.93. The van der Waals surface area contributed by atoms with Crippen LogP contribution in [0.2, 0.25) is 0 Å². The van der Waals surface area contributed by atoms with E-state index in [-0.39, 0.29) is 11.4 Å². The van der Waals surface area contributed by atoms with E-state index in [1.54, 1.807) is 0 Å². The third-order valence-electron chi connectivity index (χ3n) is 1.30. The van der Waals surface area contributed by atoms with E-state index in [4.69, 9.17) is 11.6 Å². The second-order valence-electron chi connectivity index (χ2n) is 2.31. The van der Waals surface area contributed by atoms with Crippen molar-refractivity contribution in [2.75, 3.05) is 0 Å².